The molecule has 2 heterocycles. The Kier molecular flexibility index (Phi) is 6.31. The van der Waals surface area contributed by atoms with Gasteiger partial charge in [0, 0.05) is 35.9 Å². The number of aromatic nitrogens is 1. The molecule has 1 saturated heterocycles. The summed E-state index contributed by atoms with van der Waals surface area (Å²) in [6.45, 7) is 6.42. The van der Waals surface area contributed by atoms with Gasteiger partial charge in [-0.05, 0) is 68.5 Å². The summed E-state index contributed by atoms with van der Waals surface area (Å²) in [4.78, 5) is 2.07. The van der Waals surface area contributed by atoms with E-state index in [1.54, 1.807) is 0 Å². The monoisotopic (exact) mass is 417 g/mol. The van der Waals surface area contributed by atoms with Crippen LogP contribution < -0.4 is 4.90 Å². The van der Waals surface area contributed by atoms with Gasteiger partial charge >= 0.3 is 0 Å². The molecule has 0 aliphatic carbocycles. The lowest BCUT2D eigenvalue weighted by Crippen LogP contribution is -2.32. The van der Waals surface area contributed by atoms with Crippen LogP contribution in [0.5, 0.6) is 0 Å². The summed E-state index contributed by atoms with van der Waals surface area (Å²) >= 11 is 0. The predicted octanol–water partition coefficient (Wildman–Crippen LogP) is 5.45. The Balaban J connectivity index is 1.51. The number of hydrogen-bond donors (Lipinski definition) is 0. The van der Waals surface area contributed by atoms with Gasteiger partial charge < -0.3 is 18.9 Å². The largest absolute Gasteiger partial charge is 0.376 e. The maximum Gasteiger partial charge on any atom is 0.119 e. The van der Waals surface area contributed by atoms with E-state index in [4.69, 9.17) is 9.47 Å². The highest BCUT2D eigenvalue weighted by Crippen LogP contribution is 2.37. The van der Waals surface area contributed by atoms with Crippen molar-refractivity contribution in [3.63, 3.8) is 0 Å². The van der Waals surface area contributed by atoms with Gasteiger partial charge in [0.1, 0.15) is 13.3 Å². The second kappa shape index (κ2) is 9.13. The summed E-state index contributed by atoms with van der Waals surface area (Å²) in [5.41, 5.74) is 4.52. The molecule has 0 spiro atoms. The highest BCUT2D eigenvalue weighted by Gasteiger charge is 2.29. The first kappa shape index (κ1) is 21.4. The quantitative estimate of drug-likeness (QED) is 0.480. The molecular formula is C26H31N3O2. The average Bonchev–Trinajstić information content (AvgIpc) is 3.10. The van der Waals surface area contributed by atoms with E-state index in [1.807, 2.05) is 25.2 Å². The fourth-order valence-electron chi connectivity index (χ4n) is 4.54. The van der Waals surface area contributed by atoms with Crippen LogP contribution in [0.2, 0.25) is 0 Å². The van der Waals surface area contributed by atoms with Gasteiger partial charge in [0.2, 0.25) is 0 Å². The maximum absolute atomic E-state index is 9.37. The molecular weight excluding hydrogens is 386 g/mol. The maximum atomic E-state index is 9.37. The molecule has 1 aliphatic rings. The Morgan fingerprint density at radius 3 is 2.74 bits per heavy atom. The lowest BCUT2D eigenvalue weighted by atomic mass is 9.83. The molecule has 2 aromatic carbocycles. The Hall–Kier alpha value is -2.81. The second-order valence-corrected chi connectivity index (χ2v) is 9.01. The summed E-state index contributed by atoms with van der Waals surface area (Å²) in [6, 6.07) is 21.3. The fraction of sp³-hybridized carbons (Fsp3) is 0.423. The van der Waals surface area contributed by atoms with Crippen LogP contribution in [0.15, 0.2) is 54.6 Å². The van der Waals surface area contributed by atoms with Gasteiger partial charge in [-0.3, -0.25) is 0 Å². The summed E-state index contributed by atoms with van der Waals surface area (Å²) in [6.07, 6.45) is 2.08. The number of nitriles is 1. The topological polar surface area (TPSA) is 50.4 Å². The van der Waals surface area contributed by atoms with Crippen molar-refractivity contribution in [3.05, 3.63) is 65.9 Å². The van der Waals surface area contributed by atoms with Crippen LogP contribution in [0.4, 0.5) is 5.69 Å². The van der Waals surface area contributed by atoms with Gasteiger partial charge in [0.15, 0.2) is 0 Å². The Morgan fingerprint density at radius 1 is 1.19 bits per heavy atom. The van der Waals surface area contributed by atoms with E-state index in [0.29, 0.717) is 25.8 Å². The van der Waals surface area contributed by atoms with Crippen LogP contribution in [-0.4, -0.2) is 30.6 Å². The number of nitrogens with zero attached hydrogens (tertiary/aromatic N) is 3. The number of para-hydroxylation sites is 1. The van der Waals surface area contributed by atoms with E-state index in [0.717, 1.165) is 36.3 Å². The third kappa shape index (κ3) is 4.92. The normalized spacial score (nSPS) is 18.1. The standard InChI is InChI=1S/C26H31N3O2/c1-26(2)17-21(11-14-31-26)20-9-10-25-22(15-20)16-24(29(25)13-12-27)18-30-19-28(3)23-7-5-4-6-8-23/h4-10,15-16,21H,11,13-14,17-19H2,1-3H3/t21-/m0/s1. The Bertz CT molecular complexity index is 1070. The van der Waals surface area contributed by atoms with Crippen LogP contribution >= 0.6 is 0 Å². The van der Waals surface area contributed by atoms with Gasteiger partial charge in [0.05, 0.1) is 18.3 Å². The van der Waals surface area contributed by atoms with E-state index >= 15 is 0 Å². The van der Waals surface area contributed by atoms with E-state index < -0.39 is 0 Å². The molecule has 1 fully saturated rings. The van der Waals surface area contributed by atoms with Crippen molar-refractivity contribution in [1.82, 2.24) is 4.57 Å². The lowest BCUT2D eigenvalue weighted by Gasteiger charge is -2.35. The molecule has 31 heavy (non-hydrogen) atoms. The van der Waals surface area contributed by atoms with Crippen molar-refractivity contribution in [3.8, 4) is 6.07 Å². The number of benzene rings is 2. The van der Waals surface area contributed by atoms with Gasteiger partial charge in [-0.25, -0.2) is 0 Å². The van der Waals surface area contributed by atoms with Crippen molar-refractivity contribution in [2.75, 3.05) is 25.3 Å². The zero-order valence-corrected chi connectivity index (χ0v) is 18.7. The van der Waals surface area contributed by atoms with Gasteiger partial charge in [-0.1, -0.05) is 24.3 Å². The second-order valence-electron chi connectivity index (χ2n) is 9.01. The first-order chi connectivity index (χ1) is 15.0. The predicted molar refractivity (Wildman–Crippen MR) is 124 cm³/mol. The Morgan fingerprint density at radius 2 is 2.00 bits per heavy atom. The van der Waals surface area contributed by atoms with Crippen molar-refractivity contribution < 1.29 is 9.47 Å². The minimum Gasteiger partial charge on any atom is -0.376 e. The number of ether oxygens (including phenoxy) is 2. The molecule has 5 heteroatoms. The minimum atomic E-state index is -0.0750. The smallest absolute Gasteiger partial charge is 0.119 e. The van der Waals surface area contributed by atoms with Crippen LogP contribution in [0.1, 0.15) is 43.9 Å². The highest BCUT2D eigenvalue weighted by atomic mass is 16.5. The van der Waals surface area contributed by atoms with Crippen molar-refractivity contribution in [2.45, 2.75) is 51.4 Å². The van der Waals surface area contributed by atoms with E-state index in [1.165, 1.54) is 10.9 Å². The van der Waals surface area contributed by atoms with Gasteiger partial charge in [-0.2, -0.15) is 5.26 Å². The Labute approximate surface area is 184 Å². The zero-order valence-electron chi connectivity index (χ0n) is 18.7. The molecule has 0 radical (unpaired) electrons. The highest BCUT2D eigenvalue weighted by molar-refractivity contribution is 5.82. The van der Waals surface area contributed by atoms with Crippen LogP contribution in [0.25, 0.3) is 10.9 Å². The van der Waals surface area contributed by atoms with Crippen molar-refractivity contribution in [1.29, 1.82) is 5.26 Å². The molecule has 3 aromatic rings. The first-order valence-electron chi connectivity index (χ1n) is 10.9. The summed E-state index contributed by atoms with van der Waals surface area (Å²) in [5.74, 6) is 0.506. The summed E-state index contributed by atoms with van der Waals surface area (Å²) < 4.78 is 14.0. The third-order valence-corrected chi connectivity index (χ3v) is 6.14. The molecule has 0 N–H and O–H groups in total. The number of hydrogen-bond acceptors (Lipinski definition) is 4. The molecule has 1 atom stereocenters. The number of anilines is 1. The van der Waals surface area contributed by atoms with Gasteiger partial charge in [-0.15, -0.1) is 0 Å². The van der Waals surface area contributed by atoms with E-state index in [2.05, 4.69) is 65.8 Å². The molecule has 0 amide bonds. The lowest BCUT2D eigenvalue weighted by molar-refractivity contribution is -0.0592. The molecule has 4 rings (SSSR count). The van der Waals surface area contributed by atoms with Crippen molar-refractivity contribution >= 4 is 16.6 Å². The molecule has 1 aliphatic heterocycles. The van der Waals surface area contributed by atoms with Crippen molar-refractivity contribution in [2.24, 2.45) is 0 Å². The summed E-state index contributed by atoms with van der Waals surface area (Å²) in [5, 5.41) is 10.5. The fourth-order valence-corrected chi connectivity index (χ4v) is 4.54. The summed E-state index contributed by atoms with van der Waals surface area (Å²) in [7, 11) is 2.02. The van der Waals surface area contributed by atoms with Crippen LogP contribution in [0, 0.1) is 11.3 Å². The number of fused-ring (bicyclic) bond motifs is 1. The van der Waals surface area contributed by atoms with Crippen LogP contribution in [0.3, 0.4) is 0 Å². The SMILES string of the molecule is CN(COCc1cc2cc([C@H]3CCOC(C)(C)C3)ccc2n1CC#N)c1ccccc1. The molecule has 1 aromatic heterocycles. The molecule has 0 bridgehead atoms. The molecule has 0 saturated carbocycles. The molecule has 5 nitrogen and oxygen atoms in total. The average molecular weight is 418 g/mol. The zero-order chi connectivity index (χ0) is 21.8. The molecule has 162 valence electrons. The first-order valence-corrected chi connectivity index (χ1v) is 10.9. The van der Waals surface area contributed by atoms with E-state index in [9.17, 15) is 5.26 Å². The van der Waals surface area contributed by atoms with Crippen LogP contribution in [-0.2, 0) is 22.6 Å². The number of rotatable bonds is 7. The minimum absolute atomic E-state index is 0.0750. The third-order valence-electron chi connectivity index (χ3n) is 6.14. The van der Waals surface area contributed by atoms with E-state index in [-0.39, 0.29) is 5.60 Å². The molecule has 0 unspecified atom stereocenters. The van der Waals surface area contributed by atoms with Gasteiger partial charge in [0.25, 0.3) is 0 Å².